The molecule has 29 heavy (non-hydrogen) atoms. The third kappa shape index (κ3) is 4.88. The van der Waals surface area contributed by atoms with Crippen molar-refractivity contribution < 1.29 is 14.3 Å². The monoisotopic (exact) mass is 488 g/mol. The lowest BCUT2D eigenvalue weighted by Crippen LogP contribution is -2.30. The lowest BCUT2D eigenvalue weighted by molar-refractivity contribution is -0.122. The van der Waals surface area contributed by atoms with Gasteiger partial charge in [-0.1, -0.05) is 58.1 Å². The maximum absolute atomic E-state index is 12.7. The maximum atomic E-state index is 12.7. The molecule has 0 unspecified atom stereocenters. The molecule has 0 spiro atoms. The van der Waals surface area contributed by atoms with Crippen molar-refractivity contribution in [3.05, 3.63) is 63.5 Å². The van der Waals surface area contributed by atoms with Gasteiger partial charge in [0.1, 0.15) is 10.1 Å². The summed E-state index contributed by atoms with van der Waals surface area (Å²) in [5.41, 5.74) is 1.42. The number of thiocarbonyl (C=S) groups is 1. The Kier molecular flexibility index (Phi) is 6.03. The summed E-state index contributed by atoms with van der Waals surface area (Å²) in [6, 6.07) is 14.9. The van der Waals surface area contributed by atoms with Gasteiger partial charge in [0, 0.05) is 21.8 Å². The average molecular weight is 489 g/mol. The number of halogens is 1. The Labute approximate surface area is 186 Å². The molecule has 0 aromatic heterocycles. The number of para-hydroxylation sites is 1. The van der Waals surface area contributed by atoms with Crippen LogP contribution in [0.2, 0.25) is 0 Å². The van der Waals surface area contributed by atoms with E-state index in [0.29, 0.717) is 26.2 Å². The summed E-state index contributed by atoms with van der Waals surface area (Å²) in [5, 5.41) is 2.78. The SMILES string of the molecule is O=C(COc1ccc(Br)cc1C=C1SC(=S)N(C2CC2)C1=O)Nc1ccccc1. The van der Waals surface area contributed by atoms with Crippen LogP contribution in [-0.4, -0.2) is 33.7 Å². The molecule has 2 fully saturated rings. The number of thioether (sulfide) groups is 1. The predicted octanol–water partition coefficient (Wildman–Crippen LogP) is 4.83. The van der Waals surface area contributed by atoms with Crippen LogP contribution in [0.4, 0.5) is 5.69 Å². The second-order valence-electron chi connectivity index (χ2n) is 6.67. The fourth-order valence-corrected chi connectivity index (χ4v) is 4.66. The number of anilines is 1. The molecule has 8 heteroatoms. The third-order valence-electron chi connectivity index (χ3n) is 4.41. The van der Waals surface area contributed by atoms with Crippen LogP contribution >= 0.6 is 39.9 Å². The van der Waals surface area contributed by atoms with E-state index in [2.05, 4.69) is 21.2 Å². The lowest BCUT2D eigenvalue weighted by Gasteiger charge is -2.12. The van der Waals surface area contributed by atoms with Gasteiger partial charge in [0.2, 0.25) is 0 Å². The van der Waals surface area contributed by atoms with E-state index in [1.807, 2.05) is 42.5 Å². The maximum Gasteiger partial charge on any atom is 0.266 e. The van der Waals surface area contributed by atoms with Crippen molar-refractivity contribution in [2.24, 2.45) is 0 Å². The smallest absolute Gasteiger partial charge is 0.266 e. The first-order valence-electron chi connectivity index (χ1n) is 9.05. The van der Waals surface area contributed by atoms with E-state index in [1.54, 1.807) is 17.0 Å². The Bertz CT molecular complexity index is 1010. The summed E-state index contributed by atoms with van der Waals surface area (Å²) in [4.78, 5) is 27.2. The van der Waals surface area contributed by atoms with E-state index in [9.17, 15) is 9.59 Å². The van der Waals surface area contributed by atoms with Crippen LogP contribution in [0.15, 0.2) is 57.9 Å². The lowest BCUT2D eigenvalue weighted by atomic mass is 10.2. The van der Waals surface area contributed by atoms with Gasteiger partial charge in [0.25, 0.3) is 11.8 Å². The van der Waals surface area contributed by atoms with Gasteiger partial charge in [-0.3, -0.25) is 14.5 Å². The Morgan fingerprint density at radius 3 is 2.76 bits per heavy atom. The van der Waals surface area contributed by atoms with Crippen molar-refractivity contribution >= 4 is 67.8 Å². The summed E-state index contributed by atoms with van der Waals surface area (Å²) >= 11 is 10.1. The molecule has 2 aliphatic rings. The van der Waals surface area contributed by atoms with Gasteiger partial charge in [-0.2, -0.15) is 0 Å². The molecule has 148 valence electrons. The van der Waals surface area contributed by atoms with Crippen molar-refractivity contribution in [1.29, 1.82) is 0 Å². The summed E-state index contributed by atoms with van der Waals surface area (Å²) in [5.74, 6) is 0.202. The molecule has 0 bridgehead atoms. The zero-order valence-corrected chi connectivity index (χ0v) is 18.5. The number of nitrogens with one attached hydrogen (secondary N) is 1. The highest BCUT2D eigenvalue weighted by Gasteiger charge is 2.42. The highest BCUT2D eigenvalue weighted by molar-refractivity contribution is 9.10. The highest BCUT2D eigenvalue weighted by Crippen LogP contribution is 2.41. The largest absolute Gasteiger partial charge is 0.483 e. The van der Waals surface area contributed by atoms with E-state index >= 15 is 0 Å². The van der Waals surface area contributed by atoms with Gasteiger partial charge >= 0.3 is 0 Å². The van der Waals surface area contributed by atoms with E-state index in [0.717, 1.165) is 17.3 Å². The highest BCUT2D eigenvalue weighted by atomic mass is 79.9. The van der Waals surface area contributed by atoms with Gasteiger partial charge < -0.3 is 10.1 Å². The minimum Gasteiger partial charge on any atom is -0.483 e. The van der Waals surface area contributed by atoms with Crippen LogP contribution in [0.5, 0.6) is 5.75 Å². The molecule has 2 aromatic carbocycles. The first-order valence-corrected chi connectivity index (χ1v) is 11.1. The molecule has 2 aromatic rings. The number of hydrogen-bond acceptors (Lipinski definition) is 5. The Hall–Kier alpha value is -2.16. The van der Waals surface area contributed by atoms with E-state index in [-0.39, 0.29) is 24.5 Å². The zero-order valence-electron chi connectivity index (χ0n) is 15.3. The van der Waals surface area contributed by atoms with Gasteiger partial charge in [-0.05, 0) is 49.2 Å². The van der Waals surface area contributed by atoms with Gasteiger partial charge in [-0.25, -0.2) is 0 Å². The van der Waals surface area contributed by atoms with E-state index in [4.69, 9.17) is 17.0 Å². The number of carbonyl (C=O) groups excluding carboxylic acids is 2. The van der Waals surface area contributed by atoms with Gasteiger partial charge in [0.15, 0.2) is 6.61 Å². The number of carbonyl (C=O) groups is 2. The van der Waals surface area contributed by atoms with Crippen molar-refractivity contribution in [2.45, 2.75) is 18.9 Å². The van der Waals surface area contributed by atoms with Crippen LogP contribution in [0.3, 0.4) is 0 Å². The van der Waals surface area contributed by atoms with Crippen LogP contribution in [0.25, 0.3) is 6.08 Å². The van der Waals surface area contributed by atoms with Crippen LogP contribution in [0, 0.1) is 0 Å². The second-order valence-corrected chi connectivity index (χ2v) is 9.26. The molecule has 2 amide bonds. The Balaban J connectivity index is 1.48. The summed E-state index contributed by atoms with van der Waals surface area (Å²) in [6.45, 7) is -0.138. The molecular formula is C21H17BrN2O3S2. The molecule has 0 radical (unpaired) electrons. The molecule has 1 aliphatic heterocycles. The van der Waals surface area contributed by atoms with E-state index < -0.39 is 0 Å². The van der Waals surface area contributed by atoms with Crippen molar-refractivity contribution in [1.82, 2.24) is 4.90 Å². The number of nitrogens with zero attached hydrogens (tertiary/aromatic N) is 1. The number of amides is 2. The minimum atomic E-state index is -0.259. The molecule has 0 atom stereocenters. The van der Waals surface area contributed by atoms with Crippen molar-refractivity contribution in [3.63, 3.8) is 0 Å². The molecule has 1 aliphatic carbocycles. The number of rotatable bonds is 6. The molecule has 1 heterocycles. The fourth-order valence-electron chi connectivity index (χ4n) is 2.89. The number of ether oxygens (including phenoxy) is 1. The van der Waals surface area contributed by atoms with E-state index in [1.165, 1.54) is 11.8 Å². The van der Waals surface area contributed by atoms with Crippen LogP contribution in [0.1, 0.15) is 18.4 Å². The molecule has 4 rings (SSSR count). The molecule has 5 nitrogen and oxygen atoms in total. The molecule has 1 saturated carbocycles. The Morgan fingerprint density at radius 1 is 1.28 bits per heavy atom. The van der Waals surface area contributed by atoms with Gasteiger partial charge in [0.05, 0.1) is 4.91 Å². The quantitative estimate of drug-likeness (QED) is 0.466. The topological polar surface area (TPSA) is 58.6 Å². The molecule has 1 N–H and O–H groups in total. The first-order chi connectivity index (χ1) is 14.0. The summed E-state index contributed by atoms with van der Waals surface area (Å²) < 4.78 is 7.19. The van der Waals surface area contributed by atoms with Crippen LogP contribution < -0.4 is 10.1 Å². The predicted molar refractivity (Wildman–Crippen MR) is 123 cm³/mol. The zero-order chi connectivity index (χ0) is 20.4. The second kappa shape index (κ2) is 8.69. The van der Waals surface area contributed by atoms with Crippen molar-refractivity contribution in [3.8, 4) is 5.75 Å². The summed E-state index contributed by atoms with van der Waals surface area (Å²) in [6.07, 6.45) is 3.78. The standard InChI is InChI=1S/C21H17BrN2O3S2/c22-14-6-9-17(27-12-19(25)23-15-4-2-1-3-5-15)13(10-14)11-18-20(26)24(16-7-8-16)21(28)29-18/h1-6,9-11,16H,7-8,12H2,(H,23,25). The number of hydrogen-bond donors (Lipinski definition) is 1. The minimum absolute atomic E-state index is 0.0600. The molecular weight excluding hydrogens is 472 g/mol. The summed E-state index contributed by atoms with van der Waals surface area (Å²) in [7, 11) is 0. The average Bonchev–Trinajstić information content (AvgIpc) is 3.48. The van der Waals surface area contributed by atoms with Crippen molar-refractivity contribution in [2.75, 3.05) is 11.9 Å². The first kappa shape index (κ1) is 20.1. The molecule has 1 saturated heterocycles. The van der Waals surface area contributed by atoms with Crippen LogP contribution in [-0.2, 0) is 9.59 Å². The Morgan fingerprint density at radius 2 is 2.03 bits per heavy atom. The fraction of sp³-hybridized carbons (Fsp3) is 0.190. The third-order valence-corrected chi connectivity index (χ3v) is 6.23. The normalized spacial score (nSPS) is 17.7. The number of benzene rings is 2. The van der Waals surface area contributed by atoms with Gasteiger partial charge in [-0.15, -0.1) is 0 Å².